The van der Waals surface area contributed by atoms with Crippen LogP contribution in [-0.4, -0.2) is 222 Å². The Bertz CT molecular complexity index is 3480. The summed E-state index contributed by atoms with van der Waals surface area (Å²) >= 11 is 9.27. The molecule has 103 heavy (non-hydrogen) atoms. The molecule has 0 spiro atoms. The minimum atomic E-state index is -0.481. The zero-order chi connectivity index (χ0) is 72.3. The van der Waals surface area contributed by atoms with Gasteiger partial charge in [0, 0.05) is 101 Å². The average molecular weight is 1500 g/mol. The first-order valence-corrected chi connectivity index (χ1v) is 39.0. The number of aromatic nitrogens is 12. The van der Waals surface area contributed by atoms with Gasteiger partial charge in [-0.1, -0.05) is 152 Å². The molecule has 0 N–H and O–H groups in total. The molecule has 2 unspecified atom stereocenters. The molecule has 2 atom stereocenters. The fourth-order valence-corrected chi connectivity index (χ4v) is 13.0. The lowest BCUT2D eigenvalue weighted by atomic mass is 9.97. The molecule has 4 aromatic heterocycles. The van der Waals surface area contributed by atoms with Crippen molar-refractivity contribution >= 4 is 104 Å². The Labute approximate surface area is 628 Å². The first-order chi connectivity index (χ1) is 50.4. The summed E-state index contributed by atoms with van der Waals surface area (Å²) in [5.74, 6) is 0.644. The SMILES string of the molecule is BCc1ccc(SC(=O)CCc2cn(CCOCCOCC(COCC(COCCOCCn3cc(CCC(=O)Sc4ccc(CB)cc4)nn3)OCCOCCn3cc(CCC(=O)Sc4ccc(CS)cc4)nn3)OCCOCCn3cc(CCC(=O)Sc4ccc(CB)cc4)nn3)nn2)cc1. The lowest BCUT2D eigenvalue weighted by Crippen LogP contribution is -2.32. The summed E-state index contributed by atoms with van der Waals surface area (Å²) in [6.45, 7) is 6.45. The molecule has 0 aliphatic carbocycles. The second kappa shape index (κ2) is 48.7. The average Bonchev–Trinajstić information content (AvgIpc) is 2.01. The normalized spacial score (nSPS) is 12.1. The predicted molar refractivity (Wildman–Crippen MR) is 407 cm³/mol. The zero-order valence-electron chi connectivity index (χ0n) is 59.1. The van der Waals surface area contributed by atoms with E-state index in [-0.39, 0.29) is 60.1 Å². The number of carbonyl (C=O) groups excluding carboxylic acids is 4. The van der Waals surface area contributed by atoms with Crippen molar-refractivity contribution in [1.29, 1.82) is 0 Å². The monoisotopic (exact) mass is 1500 g/mol. The molecule has 4 heterocycles. The number of thiol groups is 1. The molecule has 4 aromatic carbocycles. The van der Waals surface area contributed by atoms with Gasteiger partial charge in [0.05, 0.1) is 155 Å². The number of nitrogens with zero attached hydrogens (tertiary/aromatic N) is 12. The van der Waals surface area contributed by atoms with E-state index >= 15 is 0 Å². The van der Waals surface area contributed by atoms with Crippen molar-refractivity contribution in [3.63, 3.8) is 0 Å². The lowest BCUT2D eigenvalue weighted by molar-refractivity contribution is -0.111. The van der Waals surface area contributed by atoms with Gasteiger partial charge in [-0.15, -0.1) is 20.4 Å². The second-order valence-corrected chi connectivity index (χ2v) is 28.5. The smallest absolute Gasteiger partial charge is 0.194 e. The van der Waals surface area contributed by atoms with E-state index in [9.17, 15) is 19.2 Å². The van der Waals surface area contributed by atoms with Crippen LogP contribution in [0.15, 0.2) is 141 Å². The van der Waals surface area contributed by atoms with Crippen LogP contribution in [0.3, 0.4) is 0 Å². The largest absolute Gasteiger partial charge is 0.377 e. The highest BCUT2D eigenvalue weighted by molar-refractivity contribution is 8.14. The molecule has 0 aliphatic rings. The number of hydrogen-bond acceptors (Lipinski definition) is 26. The molecule has 0 amide bonds. The zero-order valence-corrected chi connectivity index (χ0v) is 63.2. The van der Waals surface area contributed by atoms with Gasteiger partial charge in [0.25, 0.3) is 0 Å². The van der Waals surface area contributed by atoms with Gasteiger partial charge in [-0.05, 0) is 54.1 Å². The van der Waals surface area contributed by atoms with Crippen LogP contribution in [0.4, 0.5) is 0 Å². The summed E-state index contributed by atoms with van der Waals surface area (Å²) < 4.78 is 61.6. The van der Waals surface area contributed by atoms with E-state index in [1.807, 2.05) is 97.6 Å². The standard InChI is InChI=1S/C70H93B3N12O13S5/c71-41-53-1-13-63(14-2-53)100-67(86)21-9-57-44-82(78-74-57)25-29-90-33-35-94-48-61(97-39-37-92-31-27-84-46-59(76-80-84)11-23-69(88)102-65-17-5-55(43-73)6-18-65)50-96-51-62(98-40-38-93-32-28-85-47-60(77-81-85)12-24-70(89)103-66-19-7-56(52-99)8-20-66)49-95-36-34-91-30-26-83-45-58(75-79-83)10-22-68(87)101-64-15-3-54(42-72)4-16-64/h1-8,13-20,44-47,61-62,99H,9-12,21-43,48-52,71-73H2. The summed E-state index contributed by atoms with van der Waals surface area (Å²) in [7, 11) is 6.31. The third-order valence-corrected chi connectivity index (χ3v) is 19.8. The Balaban J connectivity index is 0.767. The van der Waals surface area contributed by atoms with E-state index in [1.54, 1.807) is 18.7 Å². The molecular weight excluding hydrogens is 1410 g/mol. The van der Waals surface area contributed by atoms with Gasteiger partial charge in [-0.3, -0.25) is 19.2 Å². The van der Waals surface area contributed by atoms with Gasteiger partial charge in [-0.25, -0.2) is 18.7 Å². The fraction of sp³-hybridized carbons (Fsp3) is 0.486. The number of rotatable bonds is 54. The highest BCUT2D eigenvalue weighted by Crippen LogP contribution is 2.26. The van der Waals surface area contributed by atoms with Crippen molar-refractivity contribution in [2.24, 2.45) is 0 Å². The number of aryl methyl sites for hydroxylation is 4. The first kappa shape index (κ1) is 82.4. The van der Waals surface area contributed by atoms with E-state index < -0.39 is 12.2 Å². The van der Waals surface area contributed by atoms with Gasteiger partial charge in [0.15, 0.2) is 20.5 Å². The molecule has 0 fully saturated rings. The minimum absolute atomic E-state index is 0.0546. The van der Waals surface area contributed by atoms with Crippen LogP contribution < -0.4 is 0 Å². The van der Waals surface area contributed by atoms with Gasteiger partial charge >= 0.3 is 0 Å². The number of thioether (sulfide) groups is 4. The fourth-order valence-electron chi connectivity index (χ4n) is 9.82. The van der Waals surface area contributed by atoms with Gasteiger partial charge in [-0.2, -0.15) is 12.6 Å². The highest BCUT2D eigenvalue weighted by atomic mass is 32.2. The second-order valence-electron chi connectivity index (χ2n) is 23.7. The maximum atomic E-state index is 12.7. The third kappa shape index (κ3) is 33.8. The molecule has 0 radical (unpaired) electrons. The molecule has 550 valence electrons. The lowest BCUT2D eigenvalue weighted by Gasteiger charge is -2.22. The number of benzene rings is 4. The van der Waals surface area contributed by atoms with E-state index in [4.69, 9.17) is 42.6 Å². The van der Waals surface area contributed by atoms with Crippen molar-refractivity contribution in [2.75, 3.05) is 106 Å². The Hall–Kier alpha value is -6.30. The number of carbonyl (C=O) groups is 4. The topological polar surface area (TPSA) is 274 Å². The maximum Gasteiger partial charge on any atom is 0.194 e. The Kier molecular flexibility index (Phi) is 39.0. The van der Waals surface area contributed by atoms with Crippen LogP contribution in [0.1, 0.15) is 70.7 Å². The first-order valence-electron chi connectivity index (χ1n) is 35.1. The van der Waals surface area contributed by atoms with Gasteiger partial charge < -0.3 is 42.6 Å². The van der Waals surface area contributed by atoms with E-state index in [0.717, 1.165) is 66.9 Å². The highest BCUT2D eigenvalue weighted by Gasteiger charge is 2.18. The summed E-state index contributed by atoms with van der Waals surface area (Å²) in [4.78, 5) is 54.5. The van der Waals surface area contributed by atoms with Crippen LogP contribution in [0.25, 0.3) is 0 Å². The molecule has 0 aliphatic heterocycles. The molecule has 33 heteroatoms. The third-order valence-electron chi connectivity index (χ3n) is 15.7. The number of ether oxygens (including phenoxy) is 9. The van der Waals surface area contributed by atoms with Crippen molar-refractivity contribution in [1.82, 2.24) is 60.0 Å². The van der Waals surface area contributed by atoms with Crippen molar-refractivity contribution in [3.05, 3.63) is 167 Å². The van der Waals surface area contributed by atoms with Gasteiger partial charge in [0.1, 0.15) is 35.7 Å². The molecule has 0 bridgehead atoms. The van der Waals surface area contributed by atoms with Crippen molar-refractivity contribution < 1.29 is 61.8 Å². The molecule has 25 nitrogen and oxygen atoms in total. The molecule has 0 saturated heterocycles. The number of hydrogen-bond donors (Lipinski definition) is 1. The maximum absolute atomic E-state index is 12.7. The van der Waals surface area contributed by atoms with E-state index in [1.165, 1.54) is 63.7 Å². The van der Waals surface area contributed by atoms with E-state index in [2.05, 4.69) is 102 Å². The van der Waals surface area contributed by atoms with Gasteiger partial charge in [0.2, 0.25) is 0 Å². The Morgan fingerprint density at radius 3 is 0.864 bits per heavy atom. The molecule has 0 saturated carbocycles. The van der Waals surface area contributed by atoms with Crippen molar-refractivity contribution in [3.8, 4) is 0 Å². The summed E-state index contributed by atoms with van der Waals surface area (Å²) in [6.07, 6.45) is 12.6. The van der Waals surface area contributed by atoms with Crippen LogP contribution in [-0.2, 0) is 138 Å². The molecule has 8 aromatic rings. The molecular formula is C70H93B3N12O13S5. The predicted octanol–water partition coefficient (Wildman–Crippen LogP) is 5.87. The Morgan fingerprint density at radius 1 is 0.340 bits per heavy atom. The Morgan fingerprint density at radius 2 is 0.592 bits per heavy atom. The van der Waals surface area contributed by atoms with E-state index in [0.29, 0.717) is 149 Å². The minimum Gasteiger partial charge on any atom is -0.377 e. The van der Waals surface area contributed by atoms with Crippen LogP contribution in [0.5, 0.6) is 0 Å². The molecule has 8 rings (SSSR count). The summed E-state index contributed by atoms with van der Waals surface area (Å²) in [6, 6.07) is 32.0. The van der Waals surface area contributed by atoms with Crippen LogP contribution in [0.2, 0.25) is 0 Å². The quantitative estimate of drug-likeness (QED) is 0.0202. The van der Waals surface area contributed by atoms with Crippen molar-refractivity contribution in [2.45, 2.75) is 134 Å². The summed E-state index contributed by atoms with van der Waals surface area (Å²) in [5.41, 5.74) is 7.74. The van der Waals surface area contributed by atoms with Crippen LogP contribution in [0, 0.1) is 0 Å². The van der Waals surface area contributed by atoms with Crippen LogP contribution >= 0.6 is 59.7 Å². The summed E-state index contributed by atoms with van der Waals surface area (Å²) in [5, 5.41) is 34.3.